The van der Waals surface area contributed by atoms with Gasteiger partial charge in [-0.3, -0.25) is 4.79 Å². The number of carbonyl (C=O) groups is 3. The molecule has 9 nitrogen and oxygen atoms in total. The Kier molecular flexibility index (Phi) is 10.8. The lowest BCUT2D eigenvalue weighted by Gasteiger charge is -2.52. The number of alkyl halides is 3. The summed E-state index contributed by atoms with van der Waals surface area (Å²) in [6, 6.07) is 26.7. The summed E-state index contributed by atoms with van der Waals surface area (Å²) in [5.74, 6) is -3.54. The van der Waals surface area contributed by atoms with Gasteiger partial charge < -0.3 is 29.5 Å². The Morgan fingerprint density at radius 3 is 2.04 bits per heavy atom. The Morgan fingerprint density at radius 2 is 1.52 bits per heavy atom. The molecule has 242 valence electrons. The fourth-order valence-electron chi connectivity index (χ4n) is 6.10. The minimum Gasteiger partial charge on any atom is -0.542 e. The second-order valence-electron chi connectivity index (χ2n) is 11.5. The van der Waals surface area contributed by atoms with E-state index in [4.69, 9.17) is 19.9 Å². The highest BCUT2D eigenvalue weighted by Crippen LogP contribution is 2.38. The standard InChI is InChI=1S/C32H33N3O4.C2HF3O2/c33-22-24-9-7-10-26(21-24)30(36)34-17-8-18-35-19-15-25(16-20-35)29(23-35)39-31(37)32(38,27-11-3-1-4-12-27)28-13-5-2-6-14-28;3-2(4,5)1(6)7/h1-7,9-14,21,25,29,38H,8,15-20,23H2;(H,6,7)/t25?,29-,35?;/m0./s1. The van der Waals surface area contributed by atoms with Crippen LogP contribution in [-0.4, -0.2) is 72.4 Å². The zero-order valence-corrected chi connectivity index (χ0v) is 24.9. The van der Waals surface area contributed by atoms with Crippen molar-refractivity contribution in [1.29, 1.82) is 5.26 Å². The normalized spacial score (nSPS) is 20.4. The Hall–Kier alpha value is -4.73. The largest absolute Gasteiger partial charge is 0.542 e. The fourth-order valence-corrected chi connectivity index (χ4v) is 6.10. The van der Waals surface area contributed by atoms with E-state index in [0.717, 1.165) is 43.4 Å². The number of esters is 1. The number of carboxylic acids is 1. The van der Waals surface area contributed by atoms with Gasteiger partial charge in [0.2, 0.25) is 5.60 Å². The van der Waals surface area contributed by atoms with Crippen LogP contribution in [0.2, 0.25) is 0 Å². The van der Waals surface area contributed by atoms with Crippen LogP contribution in [-0.2, 0) is 19.9 Å². The molecule has 6 rings (SSSR count). The number of amides is 1. The molecule has 0 radical (unpaired) electrons. The third-order valence-corrected chi connectivity index (χ3v) is 8.56. The maximum Gasteiger partial charge on any atom is 0.430 e. The Bertz CT molecular complexity index is 1510. The van der Waals surface area contributed by atoms with Crippen LogP contribution in [0.15, 0.2) is 84.9 Å². The van der Waals surface area contributed by atoms with Crippen LogP contribution in [0, 0.1) is 17.2 Å². The zero-order chi connectivity index (χ0) is 33.4. The van der Waals surface area contributed by atoms with Gasteiger partial charge in [0.05, 0.1) is 31.3 Å². The van der Waals surface area contributed by atoms with Gasteiger partial charge in [-0.05, 0) is 29.3 Å². The van der Waals surface area contributed by atoms with Gasteiger partial charge in [-0.15, -0.1) is 0 Å². The molecule has 46 heavy (non-hydrogen) atoms. The summed E-state index contributed by atoms with van der Waals surface area (Å²) in [5, 5.41) is 32.6. The number of nitrogens with zero attached hydrogens (tertiary/aromatic N) is 2. The minimum absolute atomic E-state index is 0.183. The summed E-state index contributed by atoms with van der Waals surface area (Å²) in [7, 11) is 0. The first-order chi connectivity index (χ1) is 21.9. The Balaban J connectivity index is 0.000000617. The molecule has 3 aliphatic heterocycles. The minimum atomic E-state index is -5.19. The molecule has 3 aliphatic rings. The van der Waals surface area contributed by atoms with Crippen LogP contribution in [0.1, 0.15) is 46.3 Å². The molecule has 12 heteroatoms. The fraction of sp³-hybridized carbons (Fsp3) is 0.353. The molecular formula is C34H34F3N3O6. The maximum atomic E-state index is 13.7. The lowest BCUT2D eigenvalue weighted by molar-refractivity contribution is -0.946. The highest BCUT2D eigenvalue weighted by molar-refractivity contribution is 5.94. The number of carboxylic acid groups (broad SMARTS) is 1. The van der Waals surface area contributed by atoms with E-state index in [1.54, 1.807) is 48.5 Å². The number of piperidine rings is 3. The van der Waals surface area contributed by atoms with Crippen LogP contribution in [0.4, 0.5) is 13.2 Å². The van der Waals surface area contributed by atoms with E-state index in [2.05, 4.69) is 11.4 Å². The number of hydrogen-bond acceptors (Lipinski definition) is 7. The number of nitriles is 1. The van der Waals surface area contributed by atoms with Crippen LogP contribution in [0.5, 0.6) is 0 Å². The highest BCUT2D eigenvalue weighted by Gasteiger charge is 2.50. The summed E-state index contributed by atoms with van der Waals surface area (Å²) in [4.78, 5) is 35.0. The Morgan fingerprint density at radius 1 is 0.957 bits per heavy atom. The summed E-state index contributed by atoms with van der Waals surface area (Å²) < 4.78 is 38.5. The molecule has 0 spiro atoms. The molecule has 2 bridgehead atoms. The van der Waals surface area contributed by atoms with Crippen molar-refractivity contribution in [2.75, 3.05) is 32.7 Å². The number of fused-ring (bicyclic) bond motifs is 3. The molecule has 3 aromatic rings. The molecule has 2 N–H and O–H groups in total. The van der Waals surface area contributed by atoms with Crippen molar-refractivity contribution in [2.24, 2.45) is 5.92 Å². The highest BCUT2D eigenvalue weighted by atomic mass is 19.4. The molecule has 3 saturated heterocycles. The van der Waals surface area contributed by atoms with E-state index in [-0.39, 0.29) is 17.9 Å². The van der Waals surface area contributed by atoms with E-state index in [1.807, 2.05) is 36.4 Å². The third-order valence-electron chi connectivity index (χ3n) is 8.56. The van der Waals surface area contributed by atoms with Crippen molar-refractivity contribution in [3.63, 3.8) is 0 Å². The number of benzene rings is 3. The van der Waals surface area contributed by atoms with Gasteiger partial charge in [-0.2, -0.15) is 18.4 Å². The zero-order valence-electron chi connectivity index (χ0n) is 24.9. The van der Waals surface area contributed by atoms with E-state index in [0.29, 0.717) is 35.3 Å². The average Bonchev–Trinajstić information content (AvgIpc) is 3.07. The van der Waals surface area contributed by atoms with Gasteiger partial charge in [-0.1, -0.05) is 66.7 Å². The molecule has 0 aliphatic carbocycles. The monoisotopic (exact) mass is 637 g/mol. The predicted molar refractivity (Wildman–Crippen MR) is 157 cm³/mol. The van der Waals surface area contributed by atoms with Crippen molar-refractivity contribution in [3.05, 3.63) is 107 Å². The SMILES string of the molecule is N#Cc1cccc(C(=O)NCCC[N+]23CCC(CC2)[C@@H](OC(=O)C(O)(c2ccccc2)c2ccccc2)C3)c1.O=C([O-])C(F)(F)F. The topological polar surface area (TPSA) is 140 Å². The summed E-state index contributed by atoms with van der Waals surface area (Å²) in [6.45, 7) is 4.18. The summed E-state index contributed by atoms with van der Waals surface area (Å²) in [5.41, 5.74) is 0.0390. The molecule has 1 amide bonds. The number of rotatable bonds is 9. The number of aliphatic hydroxyl groups is 1. The third kappa shape index (κ3) is 8.10. The molecule has 3 heterocycles. The van der Waals surface area contributed by atoms with Gasteiger partial charge in [-0.25, -0.2) is 4.79 Å². The Labute approximate surface area is 264 Å². The van der Waals surface area contributed by atoms with Crippen molar-refractivity contribution in [1.82, 2.24) is 5.32 Å². The molecule has 0 saturated carbocycles. The average molecular weight is 638 g/mol. The number of aliphatic carboxylic acids is 1. The van der Waals surface area contributed by atoms with Crippen LogP contribution in [0.25, 0.3) is 0 Å². The maximum absolute atomic E-state index is 13.7. The molecule has 3 fully saturated rings. The van der Waals surface area contributed by atoms with Crippen LogP contribution in [0.3, 0.4) is 0 Å². The molecule has 3 aromatic carbocycles. The van der Waals surface area contributed by atoms with Crippen molar-refractivity contribution >= 4 is 17.8 Å². The molecular weight excluding hydrogens is 603 g/mol. The van der Waals surface area contributed by atoms with Crippen LogP contribution < -0.4 is 10.4 Å². The predicted octanol–water partition coefficient (Wildman–Crippen LogP) is 3.07. The van der Waals surface area contributed by atoms with Crippen LogP contribution >= 0.6 is 0 Å². The first-order valence-electron chi connectivity index (χ1n) is 14.8. The summed E-state index contributed by atoms with van der Waals surface area (Å²) >= 11 is 0. The smallest absolute Gasteiger partial charge is 0.430 e. The molecule has 1 atom stereocenters. The molecule has 0 aromatic heterocycles. The summed E-state index contributed by atoms with van der Waals surface area (Å²) in [6.07, 6.45) is -2.71. The van der Waals surface area contributed by atoms with Crippen molar-refractivity contribution in [3.8, 4) is 6.07 Å². The second kappa shape index (κ2) is 14.6. The number of quaternary nitrogens is 1. The molecule has 0 unspecified atom stereocenters. The number of ether oxygens (including phenoxy) is 1. The van der Waals surface area contributed by atoms with Gasteiger partial charge in [0.15, 0.2) is 6.10 Å². The quantitative estimate of drug-likeness (QED) is 0.209. The first-order valence-corrected chi connectivity index (χ1v) is 14.8. The van der Waals surface area contributed by atoms with Gasteiger partial charge >= 0.3 is 12.1 Å². The van der Waals surface area contributed by atoms with E-state index >= 15 is 0 Å². The second-order valence-corrected chi connectivity index (χ2v) is 11.5. The lowest BCUT2D eigenvalue weighted by atomic mass is 9.82. The number of halogens is 3. The lowest BCUT2D eigenvalue weighted by Crippen LogP contribution is -2.65. The van der Waals surface area contributed by atoms with Gasteiger partial charge in [0, 0.05) is 37.3 Å². The van der Waals surface area contributed by atoms with E-state index in [1.165, 1.54) is 0 Å². The number of hydrogen-bond donors (Lipinski definition) is 2. The van der Waals surface area contributed by atoms with Crippen molar-refractivity contribution in [2.45, 2.75) is 37.1 Å². The van der Waals surface area contributed by atoms with E-state index < -0.39 is 23.7 Å². The van der Waals surface area contributed by atoms with E-state index in [9.17, 15) is 27.9 Å². The number of carbonyl (C=O) groups excluding carboxylic acids is 3. The van der Waals surface area contributed by atoms with Gasteiger partial charge in [0.1, 0.15) is 12.5 Å². The van der Waals surface area contributed by atoms with Crippen molar-refractivity contribution < 1.29 is 47.0 Å². The number of nitrogens with one attached hydrogen (secondary N) is 1. The first kappa shape index (κ1) is 34.1. The van der Waals surface area contributed by atoms with Gasteiger partial charge in [0.25, 0.3) is 5.91 Å².